The van der Waals surface area contributed by atoms with Crippen LogP contribution in [0, 0.1) is 0 Å². The van der Waals surface area contributed by atoms with Crippen LogP contribution in [0.2, 0.25) is 0 Å². The van der Waals surface area contributed by atoms with Crippen LogP contribution < -0.4 is 10.6 Å². The predicted octanol–water partition coefficient (Wildman–Crippen LogP) is 1.14. The monoisotopic (exact) mass is 381 g/mol. The standard InChI is InChI=1S/C19H27N3O3.ClH/c23-18(7-6-15-4-2-1-3-5-15)22-11-8-16(9-12-22)21-19(24)17-14-20-10-13-25-17;/h1-5,16-17,20H,6-14H2,(H,21,24);1H. The summed E-state index contributed by atoms with van der Waals surface area (Å²) in [5.74, 6) is 0.162. The van der Waals surface area contributed by atoms with Gasteiger partial charge in [0.2, 0.25) is 5.91 Å². The molecule has 2 amide bonds. The molecule has 2 saturated heterocycles. The molecule has 144 valence electrons. The fourth-order valence-electron chi connectivity index (χ4n) is 3.36. The summed E-state index contributed by atoms with van der Waals surface area (Å²) in [6.45, 7) is 3.37. The zero-order valence-electron chi connectivity index (χ0n) is 15.0. The number of carbonyl (C=O) groups is 2. The van der Waals surface area contributed by atoms with Crippen molar-refractivity contribution in [2.75, 3.05) is 32.8 Å². The van der Waals surface area contributed by atoms with Gasteiger partial charge in [-0.05, 0) is 24.8 Å². The first-order chi connectivity index (χ1) is 12.2. The van der Waals surface area contributed by atoms with Crippen molar-refractivity contribution in [2.45, 2.75) is 37.8 Å². The lowest BCUT2D eigenvalue weighted by Gasteiger charge is -2.33. The zero-order valence-corrected chi connectivity index (χ0v) is 15.8. The van der Waals surface area contributed by atoms with E-state index in [9.17, 15) is 9.59 Å². The second kappa shape index (κ2) is 10.5. The van der Waals surface area contributed by atoms with Crippen molar-refractivity contribution in [2.24, 2.45) is 0 Å². The third kappa shape index (κ3) is 5.97. The van der Waals surface area contributed by atoms with Gasteiger partial charge < -0.3 is 20.3 Å². The van der Waals surface area contributed by atoms with Gasteiger partial charge in [-0.15, -0.1) is 12.4 Å². The van der Waals surface area contributed by atoms with E-state index in [1.54, 1.807) is 0 Å². The van der Waals surface area contributed by atoms with Crippen molar-refractivity contribution >= 4 is 24.2 Å². The maximum atomic E-state index is 12.4. The summed E-state index contributed by atoms with van der Waals surface area (Å²) in [6.07, 6.45) is 2.55. The fourth-order valence-corrected chi connectivity index (χ4v) is 3.36. The van der Waals surface area contributed by atoms with Crippen molar-refractivity contribution in [3.63, 3.8) is 0 Å². The number of aryl methyl sites for hydroxylation is 1. The van der Waals surface area contributed by atoms with Gasteiger partial charge in [-0.1, -0.05) is 30.3 Å². The first-order valence-electron chi connectivity index (χ1n) is 9.17. The van der Waals surface area contributed by atoms with Gasteiger partial charge >= 0.3 is 0 Å². The fraction of sp³-hybridized carbons (Fsp3) is 0.579. The molecule has 3 rings (SSSR count). The lowest BCUT2D eigenvalue weighted by atomic mass is 10.0. The molecule has 0 aliphatic carbocycles. The van der Waals surface area contributed by atoms with E-state index in [2.05, 4.69) is 22.8 Å². The molecule has 0 radical (unpaired) electrons. The number of likely N-dealkylation sites (tertiary alicyclic amines) is 1. The van der Waals surface area contributed by atoms with Crippen molar-refractivity contribution in [3.8, 4) is 0 Å². The van der Waals surface area contributed by atoms with Gasteiger partial charge in [0.05, 0.1) is 6.61 Å². The molecular formula is C19H28ClN3O3. The number of nitrogens with one attached hydrogen (secondary N) is 2. The third-order valence-electron chi connectivity index (χ3n) is 4.88. The van der Waals surface area contributed by atoms with Crippen molar-refractivity contribution < 1.29 is 14.3 Å². The molecule has 2 aliphatic rings. The van der Waals surface area contributed by atoms with Crippen molar-refractivity contribution in [1.29, 1.82) is 0 Å². The summed E-state index contributed by atoms with van der Waals surface area (Å²) in [5, 5.41) is 6.23. The molecule has 0 aromatic heterocycles. The Balaban J connectivity index is 0.00000243. The number of amides is 2. The number of morpholine rings is 1. The lowest BCUT2D eigenvalue weighted by Crippen LogP contribution is -2.53. The maximum Gasteiger partial charge on any atom is 0.250 e. The Hall–Kier alpha value is -1.63. The Morgan fingerprint density at radius 2 is 1.92 bits per heavy atom. The van der Waals surface area contributed by atoms with Crippen LogP contribution in [0.1, 0.15) is 24.8 Å². The quantitative estimate of drug-likeness (QED) is 0.802. The van der Waals surface area contributed by atoms with Gasteiger partial charge in [0, 0.05) is 38.6 Å². The average molecular weight is 382 g/mol. The number of nitrogens with zero attached hydrogens (tertiary/aromatic N) is 1. The Kier molecular flexibility index (Phi) is 8.35. The van der Waals surface area contributed by atoms with Crippen LogP contribution >= 0.6 is 12.4 Å². The number of piperidine rings is 1. The van der Waals surface area contributed by atoms with Gasteiger partial charge in [-0.2, -0.15) is 0 Å². The molecule has 0 spiro atoms. The highest BCUT2D eigenvalue weighted by Crippen LogP contribution is 2.13. The molecule has 0 bridgehead atoms. The molecule has 0 saturated carbocycles. The number of ether oxygens (including phenoxy) is 1. The second-order valence-electron chi connectivity index (χ2n) is 6.71. The molecule has 1 aromatic rings. The zero-order chi connectivity index (χ0) is 17.5. The largest absolute Gasteiger partial charge is 0.366 e. The molecule has 2 heterocycles. The average Bonchev–Trinajstić information content (AvgIpc) is 2.68. The third-order valence-corrected chi connectivity index (χ3v) is 4.88. The van der Waals surface area contributed by atoms with E-state index >= 15 is 0 Å². The normalized spacial score (nSPS) is 20.9. The first kappa shape index (κ1) is 20.7. The molecule has 1 atom stereocenters. The van der Waals surface area contributed by atoms with E-state index in [4.69, 9.17) is 4.74 Å². The molecule has 1 aromatic carbocycles. The van der Waals surface area contributed by atoms with Gasteiger partial charge in [-0.25, -0.2) is 0 Å². The molecule has 1 unspecified atom stereocenters. The minimum absolute atomic E-state index is 0. The number of hydrogen-bond donors (Lipinski definition) is 2. The van der Waals surface area contributed by atoms with Gasteiger partial charge in [-0.3, -0.25) is 9.59 Å². The summed E-state index contributed by atoms with van der Waals surface area (Å²) in [5.41, 5.74) is 1.19. The summed E-state index contributed by atoms with van der Waals surface area (Å²) in [4.78, 5) is 26.5. The highest BCUT2D eigenvalue weighted by atomic mass is 35.5. The summed E-state index contributed by atoms with van der Waals surface area (Å²) >= 11 is 0. The minimum Gasteiger partial charge on any atom is -0.366 e. The number of carbonyl (C=O) groups excluding carboxylic acids is 2. The van der Waals surface area contributed by atoms with E-state index < -0.39 is 0 Å². The van der Waals surface area contributed by atoms with E-state index in [0.29, 0.717) is 32.7 Å². The Morgan fingerprint density at radius 3 is 2.58 bits per heavy atom. The van der Waals surface area contributed by atoms with Crippen LogP contribution in [0.3, 0.4) is 0 Å². The van der Waals surface area contributed by atoms with Crippen LogP contribution in [0.25, 0.3) is 0 Å². The smallest absolute Gasteiger partial charge is 0.250 e. The van der Waals surface area contributed by atoms with E-state index in [0.717, 1.165) is 25.8 Å². The second-order valence-corrected chi connectivity index (χ2v) is 6.71. The molecule has 6 nitrogen and oxygen atoms in total. The van der Waals surface area contributed by atoms with E-state index in [1.165, 1.54) is 5.56 Å². The van der Waals surface area contributed by atoms with Crippen LogP contribution in [0.5, 0.6) is 0 Å². The Bertz CT molecular complexity index is 571. The predicted molar refractivity (Wildman–Crippen MR) is 102 cm³/mol. The summed E-state index contributed by atoms with van der Waals surface area (Å²) in [6, 6.07) is 10.2. The minimum atomic E-state index is -0.390. The Labute approximate surface area is 161 Å². The molecule has 2 fully saturated rings. The van der Waals surface area contributed by atoms with Gasteiger partial charge in [0.1, 0.15) is 6.10 Å². The molecule has 26 heavy (non-hydrogen) atoms. The first-order valence-corrected chi connectivity index (χ1v) is 9.17. The number of halogens is 1. The van der Waals surface area contributed by atoms with Crippen LogP contribution in [-0.4, -0.2) is 61.6 Å². The molecule has 2 N–H and O–H groups in total. The van der Waals surface area contributed by atoms with Gasteiger partial charge in [0.25, 0.3) is 5.91 Å². The highest BCUT2D eigenvalue weighted by Gasteiger charge is 2.27. The molecule has 7 heteroatoms. The van der Waals surface area contributed by atoms with E-state index in [1.807, 2.05) is 23.1 Å². The Morgan fingerprint density at radius 1 is 1.19 bits per heavy atom. The van der Waals surface area contributed by atoms with Crippen molar-refractivity contribution in [3.05, 3.63) is 35.9 Å². The van der Waals surface area contributed by atoms with Crippen LogP contribution in [0.4, 0.5) is 0 Å². The van der Waals surface area contributed by atoms with Crippen LogP contribution in [0.15, 0.2) is 30.3 Å². The SMILES string of the molecule is Cl.O=C(NC1CCN(C(=O)CCc2ccccc2)CC1)C1CNCCO1. The number of benzene rings is 1. The van der Waals surface area contributed by atoms with Gasteiger partial charge in [0.15, 0.2) is 0 Å². The number of rotatable bonds is 5. The summed E-state index contributed by atoms with van der Waals surface area (Å²) < 4.78 is 5.48. The highest BCUT2D eigenvalue weighted by molar-refractivity contribution is 5.85. The molecule has 2 aliphatic heterocycles. The maximum absolute atomic E-state index is 12.4. The lowest BCUT2D eigenvalue weighted by molar-refractivity contribution is -0.135. The molecular weight excluding hydrogens is 354 g/mol. The van der Waals surface area contributed by atoms with E-state index in [-0.39, 0.29) is 36.4 Å². The topological polar surface area (TPSA) is 70.7 Å². The summed E-state index contributed by atoms with van der Waals surface area (Å²) in [7, 11) is 0. The van der Waals surface area contributed by atoms with Crippen molar-refractivity contribution in [1.82, 2.24) is 15.5 Å². The van der Waals surface area contributed by atoms with Crippen LogP contribution in [-0.2, 0) is 20.7 Å². The number of hydrogen-bond acceptors (Lipinski definition) is 4.